The predicted molar refractivity (Wildman–Crippen MR) is 110 cm³/mol. The number of H-pyrrole nitrogens is 1. The van der Waals surface area contributed by atoms with E-state index in [4.69, 9.17) is 16.3 Å². The van der Waals surface area contributed by atoms with Crippen molar-refractivity contribution in [2.24, 2.45) is 0 Å². The highest BCUT2D eigenvalue weighted by molar-refractivity contribution is 7.90. The lowest BCUT2D eigenvalue weighted by atomic mass is 10.1. The van der Waals surface area contributed by atoms with Gasteiger partial charge in [0.25, 0.3) is 10.0 Å². The van der Waals surface area contributed by atoms with Crippen LogP contribution in [0.5, 0.6) is 0 Å². The first-order chi connectivity index (χ1) is 13.9. The van der Waals surface area contributed by atoms with Crippen molar-refractivity contribution in [3.8, 4) is 11.3 Å². The van der Waals surface area contributed by atoms with E-state index in [1.54, 1.807) is 43.3 Å². The fourth-order valence-electron chi connectivity index (χ4n) is 3.15. The molecular formula is C20H16ClN3O4S. The molecular weight excluding hydrogens is 414 g/mol. The molecule has 2 aromatic carbocycles. The number of nitrogens with zero attached hydrogens (tertiary/aromatic N) is 2. The molecule has 148 valence electrons. The summed E-state index contributed by atoms with van der Waals surface area (Å²) in [6.07, 6.45) is 1.15. The Kier molecular flexibility index (Phi) is 4.89. The number of ether oxygens (including phenoxy) is 1. The van der Waals surface area contributed by atoms with Crippen LogP contribution in [-0.4, -0.2) is 35.2 Å². The summed E-state index contributed by atoms with van der Waals surface area (Å²) in [6.45, 7) is 1.76. The van der Waals surface area contributed by atoms with Crippen molar-refractivity contribution in [2.75, 3.05) is 6.61 Å². The number of benzene rings is 2. The van der Waals surface area contributed by atoms with Crippen molar-refractivity contribution in [2.45, 2.75) is 11.9 Å². The predicted octanol–water partition coefficient (Wildman–Crippen LogP) is 4.10. The molecule has 1 N–H and O–H groups in total. The number of halogens is 1. The van der Waals surface area contributed by atoms with Crippen LogP contribution in [0.2, 0.25) is 5.02 Å². The molecule has 0 unspecified atom stereocenters. The van der Waals surface area contributed by atoms with Gasteiger partial charge in [-0.1, -0.05) is 41.9 Å². The summed E-state index contributed by atoms with van der Waals surface area (Å²) < 4.78 is 33.4. The third-order valence-electron chi connectivity index (χ3n) is 4.39. The quantitative estimate of drug-likeness (QED) is 0.482. The van der Waals surface area contributed by atoms with Crippen LogP contribution in [0.3, 0.4) is 0 Å². The van der Waals surface area contributed by atoms with E-state index in [9.17, 15) is 13.2 Å². The standard InChI is InChI=1S/C20H16ClN3O4S/c1-2-28-20(25)16-12-22-23-19(16)29(26,27)24-17-9-8-15(21)10-14(17)11-18(24)13-6-4-3-5-7-13/h3-12H,2H2,1H3,(H,22,23). The highest BCUT2D eigenvalue weighted by Gasteiger charge is 2.31. The fourth-order valence-corrected chi connectivity index (χ4v) is 4.93. The second kappa shape index (κ2) is 7.38. The van der Waals surface area contributed by atoms with Crippen molar-refractivity contribution in [1.29, 1.82) is 0 Å². The number of aromatic nitrogens is 3. The number of aromatic amines is 1. The Morgan fingerprint density at radius 3 is 2.66 bits per heavy atom. The first kappa shape index (κ1) is 19.2. The Labute approximate surface area is 171 Å². The molecule has 0 bridgehead atoms. The molecule has 0 aliphatic carbocycles. The second-order valence-corrected chi connectivity index (χ2v) is 8.36. The van der Waals surface area contributed by atoms with Crippen molar-refractivity contribution in [3.63, 3.8) is 0 Å². The summed E-state index contributed by atoms with van der Waals surface area (Å²) in [5, 5.41) is 7.01. The summed E-state index contributed by atoms with van der Waals surface area (Å²) in [5.41, 5.74) is 1.41. The number of hydrogen-bond acceptors (Lipinski definition) is 5. The van der Waals surface area contributed by atoms with Crippen LogP contribution >= 0.6 is 11.6 Å². The van der Waals surface area contributed by atoms with E-state index in [1.165, 1.54) is 3.97 Å². The summed E-state index contributed by atoms with van der Waals surface area (Å²) in [7, 11) is -4.21. The van der Waals surface area contributed by atoms with Crippen molar-refractivity contribution >= 4 is 38.5 Å². The molecule has 7 nitrogen and oxygen atoms in total. The Morgan fingerprint density at radius 2 is 1.93 bits per heavy atom. The monoisotopic (exact) mass is 429 g/mol. The van der Waals surface area contributed by atoms with Crippen molar-refractivity contribution in [3.05, 3.63) is 71.4 Å². The van der Waals surface area contributed by atoms with Gasteiger partial charge >= 0.3 is 5.97 Å². The molecule has 9 heteroatoms. The molecule has 0 saturated heterocycles. The van der Waals surface area contributed by atoms with Gasteiger partial charge in [0.2, 0.25) is 0 Å². The lowest BCUT2D eigenvalue weighted by molar-refractivity contribution is 0.0522. The van der Waals surface area contributed by atoms with E-state index < -0.39 is 16.0 Å². The highest BCUT2D eigenvalue weighted by atomic mass is 35.5. The molecule has 4 rings (SSSR count). The summed E-state index contributed by atoms with van der Waals surface area (Å²) in [4.78, 5) is 12.2. The molecule has 0 fully saturated rings. The van der Waals surface area contributed by atoms with Gasteiger partial charge in [-0.2, -0.15) is 13.5 Å². The maximum absolute atomic E-state index is 13.6. The van der Waals surface area contributed by atoms with Gasteiger partial charge < -0.3 is 4.74 Å². The minimum atomic E-state index is -4.21. The number of carbonyl (C=O) groups excluding carboxylic acids is 1. The van der Waals surface area contributed by atoms with Crippen LogP contribution in [0.4, 0.5) is 0 Å². The largest absolute Gasteiger partial charge is 0.462 e. The van der Waals surface area contributed by atoms with E-state index in [-0.39, 0.29) is 17.2 Å². The van der Waals surface area contributed by atoms with Crippen LogP contribution in [0.25, 0.3) is 22.2 Å². The van der Waals surface area contributed by atoms with Crippen LogP contribution in [0.1, 0.15) is 17.3 Å². The van der Waals surface area contributed by atoms with E-state index in [1.807, 2.05) is 18.2 Å². The summed E-state index contributed by atoms with van der Waals surface area (Å²) in [5.74, 6) is -0.763. The Hall–Kier alpha value is -3.10. The number of fused-ring (bicyclic) bond motifs is 1. The smallest absolute Gasteiger partial charge is 0.342 e. The lowest BCUT2D eigenvalue weighted by Crippen LogP contribution is -2.18. The van der Waals surface area contributed by atoms with Gasteiger partial charge in [0.1, 0.15) is 5.56 Å². The molecule has 0 atom stereocenters. The zero-order valence-electron chi connectivity index (χ0n) is 15.3. The van der Waals surface area contributed by atoms with Crippen LogP contribution in [-0.2, 0) is 14.8 Å². The number of nitrogens with one attached hydrogen (secondary N) is 1. The van der Waals surface area contributed by atoms with Gasteiger partial charge in [0.15, 0.2) is 5.03 Å². The average Bonchev–Trinajstić information content (AvgIpc) is 3.34. The molecule has 4 aromatic rings. The number of rotatable bonds is 5. The Balaban J connectivity index is 2.01. The number of esters is 1. The summed E-state index contributed by atoms with van der Waals surface area (Å²) in [6, 6.07) is 15.8. The summed E-state index contributed by atoms with van der Waals surface area (Å²) >= 11 is 6.11. The van der Waals surface area contributed by atoms with Gasteiger partial charge in [-0.05, 0) is 36.8 Å². The molecule has 29 heavy (non-hydrogen) atoms. The van der Waals surface area contributed by atoms with E-state index in [2.05, 4.69) is 10.2 Å². The molecule has 0 spiro atoms. The van der Waals surface area contributed by atoms with Crippen molar-refractivity contribution < 1.29 is 17.9 Å². The maximum atomic E-state index is 13.6. The molecule has 0 aliphatic heterocycles. The normalized spacial score (nSPS) is 11.7. The molecule has 0 saturated carbocycles. The third-order valence-corrected chi connectivity index (χ3v) is 6.32. The van der Waals surface area contributed by atoms with Crippen LogP contribution < -0.4 is 0 Å². The topological polar surface area (TPSA) is 94.1 Å². The fraction of sp³-hybridized carbons (Fsp3) is 0.100. The SMILES string of the molecule is CCOC(=O)c1cn[nH]c1S(=O)(=O)n1c(-c2ccccc2)cc2cc(Cl)ccc21. The minimum Gasteiger partial charge on any atom is -0.462 e. The van der Waals surface area contributed by atoms with Gasteiger partial charge in [0.05, 0.1) is 24.0 Å². The van der Waals surface area contributed by atoms with Gasteiger partial charge in [-0.15, -0.1) is 0 Å². The average molecular weight is 430 g/mol. The zero-order chi connectivity index (χ0) is 20.6. The Morgan fingerprint density at radius 1 is 1.17 bits per heavy atom. The van der Waals surface area contributed by atoms with Gasteiger partial charge in [-0.3, -0.25) is 5.10 Å². The minimum absolute atomic E-state index is 0.115. The first-order valence-corrected chi connectivity index (χ1v) is 10.6. The molecule has 2 heterocycles. The molecule has 0 aliphatic rings. The third kappa shape index (κ3) is 3.30. The first-order valence-electron chi connectivity index (χ1n) is 8.76. The second-order valence-electron chi connectivity index (χ2n) is 6.20. The molecule has 0 radical (unpaired) electrons. The Bertz CT molecular complexity index is 1310. The van der Waals surface area contributed by atoms with Crippen LogP contribution in [0, 0.1) is 0 Å². The number of hydrogen-bond donors (Lipinski definition) is 1. The van der Waals surface area contributed by atoms with E-state index in [0.29, 0.717) is 27.2 Å². The van der Waals surface area contributed by atoms with E-state index in [0.717, 1.165) is 6.20 Å². The molecule has 2 aromatic heterocycles. The van der Waals surface area contributed by atoms with Gasteiger partial charge in [-0.25, -0.2) is 8.77 Å². The lowest BCUT2D eigenvalue weighted by Gasteiger charge is -2.12. The van der Waals surface area contributed by atoms with Crippen molar-refractivity contribution in [1.82, 2.24) is 14.2 Å². The van der Waals surface area contributed by atoms with E-state index >= 15 is 0 Å². The van der Waals surface area contributed by atoms with Crippen LogP contribution in [0.15, 0.2) is 65.8 Å². The highest BCUT2D eigenvalue weighted by Crippen LogP contribution is 2.33. The maximum Gasteiger partial charge on any atom is 0.342 e. The zero-order valence-corrected chi connectivity index (χ0v) is 16.9. The number of carbonyl (C=O) groups is 1. The van der Waals surface area contributed by atoms with Gasteiger partial charge in [0, 0.05) is 10.4 Å². The molecule has 0 amide bonds.